The van der Waals surface area contributed by atoms with E-state index < -0.39 is 17.6 Å². The highest BCUT2D eigenvalue weighted by atomic mass is 19.1. The SMILES string of the molecule is O=C(O)CC/C=C/CCCCCc1ccc(F)cc1F. The second kappa shape index (κ2) is 9.23. The Morgan fingerprint density at radius 2 is 1.85 bits per heavy atom. The first kappa shape index (κ1) is 16.3. The summed E-state index contributed by atoms with van der Waals surface area (Å²) in [5.41, 5.74) is 0.559. The lowest BCUT2D eigenvalue weighted by atomic mass is 10.1. The molecule has 1 aromatic rings. The van der Waals surface area contributed by atoms with Crippen LogP contribution in [0.25, 0.3) is 0 Å². The van der Waals surface area contributed by atoms with Crippen LogP contribution in [0.15, 0.2) is 30.4 Å². The molecule has 0 fully saturated rings. The van der Waals surface area contributed by atoms with E-state index in [1.807, 2.05) is 12.2 Å². The summed E-state index contributed by atoms with van der Waals surface area (Å²) in [5, 5.41) is 8.45. The maximum Gasteiger partial charge on any atom is 0.303 e. The van der Waals surface area contributed by atoms with E-state index in [0.29, 0.717) is 18.4 Å². The Bertz CT molecular complexity index is 456. The van der Waals surface area contributed by atoms with Crippen LogP contribution >= 0.6 is 0 Å². The summed E-state index contributed by atoms with van der Waals surface area (Å²) < 4.78 is 26.0. The Morgan fingerprint density at radius 1 is 1.10 bits per heavy atom. The van der Waals surface area contributed by atoms with Crippen molar-refractivity contribution in [1.29, 1.82) is 0 Å². The molecule has 0 unspecified atom stereocenters. The van der Waals surface area contributed by atoms with E-state index in [4.69, 9.17) is 5.11 Å². The first-order chi connectivity index (χ1) is 9.59. The number of aliphatic carboxylic acids is 1. The molecule has 0 saturated carbocycles. The smallest absolute Gasteiger partial charge is 0.303 e. The van der Waals surface area contributed by atoms with Crippen LogP contribution in [0.2, 0.25) is 0 Å². The van der Waals surface area contributed by atoms with Crippen molar-refractivity contribution in [3.63, 3.8) is 0 Å². The highest BCUT2D eigenvalue weighted by Crippen LogP contribution is 2.13. The van der Waals surface area contributed by atoms with E-state index in [-0.39, 0.29) is 6.42 Å². The van der Waals surface area contributed by atoms with Crippen molar-refractivity contribution in [3.05, 3.63) is 47.5 Å². The van der Waals surface area contributed by atoms with Gasteiger partial charge in [0, 0.05) is 12.5 Å². The van der Waals surface area contributed by atoms with Gasteiger partial charge in [-0.2, -0.15) is 0 Å². The highest BCUT2D eigenvalue weighted by Gasteiger charge is 2.02. The van der Waals surface area contributed by atoms with Crippen molar-refractivity contribution in [2.45, 2.75) is 44.9 Å². The molecule has 1 N–H and O–H groups in total. The van der Waals surface area contributed by atoms with Gasteiger partial charge in [0.15, 0.2) is 0 Å². The molecule has 0 spiro atoms. The van der Waals surface area contributed by atoms with Crippen molar-refractivity contribution in [2.75, 3.05) is 0 Å². The number of aryl methyl sites for hydroxylation is 1. The summed E-state index contributed by atoms with van der Waals surface area (Å²) in [4.78, 5) is 10.3. The molecule has 1 aromatic carbocycles. The maximum atomic E-state index is 13.3. The predicted octanol–water partition coefficient (Wildman–Crippen LogP) is 4.49. The fraction of sp³-hybridized carbons (Fsp3) is 0.438. The number of allylic oxidation sites excluding steroid dienone is 2. The minimum Gasteiger partial charge on any atom is -0.481 e. The third-order valence-corrected chi connectivity index (χ3v) is 3.02. The molecule has 0 saturated heterocycles. The quantitative estimate of drug-likeness (QED) is 0.535. The number of unbranched alkanes of at least 4 members (excludes halogenated alkanes) is 3. The summed E-state index contributed by atoms with van der Waals surface area (Å²) in [6.07, 6.45) is 8.96. The van der Waals surface area contributed by atoms with E-state index in [1.54, 1.807) is 0 Å². The van der Waals surface area contributed by atoms with Gasteiger partial charge < -0.3 is 5.11 Å². The summed E-state index contributed by atoms with van der Waals surface area (Å²) in [7, 11) is 0. The van der Waals surface area contributed by atoms with Gasteiger partial charge in [0.25, 0.3) is 0 Å². The van der Waals surface area contributed by atoms with Gasteiger partial charge >= 0.3 is 5.97 Å². The maximum absolute atomic E-state index is 13.3. The number of hydrogen-bond acceptors (Lipinski definition) is 1. The van der Waals surface area contributed by atoms with E-state index in [9.17, 15) is 13.6 Å². The van der Waals surface area contributed by atoms with Gasteiger partial charge in [-0.25, -0.2) is 8.78 Å². The van der Waals surface area contributed by atoms with Crippen LogP contribution in [-0.2, 0) is 11.2 Å². The van der Waals surface area contributed by atoms with Gasteiger partial charge in [-0.05, 0) is 43.7 Å². The van der Waals surface area contributed by atoms with Crippen LogP contribution in [0.1, 0.15) is 44.1 Å². The zero-order valence-electron chi connectivity index (χ0n) is 11.4. The first-order valence-corrected chi connectivity index (χ1v) is 6.90. The Labute approximate surface area is 118 Å². The summed E-state index contributed by atoms with van der Waals surface area (Å²) in [6, 6.07) is 3.70. The summed E-state index contributed by atoms with van der Waals surface area (Å²) in [6.45, 7) is 0. The molecule has 2 nitrogen and oxygen atoms in total. The van der Waals surface area contributed by atoms with Crippen LogP contribution < -0.4 is 0 Å². The zero-order valence-corrected chi connectivity index (χ0v) is 11.4. The second-order valence-electron chi connectivity index (χ2n) is 4.74. The van der Waals surface area contributed by atoms with E-state index in [2.05, 4.69) is 0 Å². The van der Waals surface area contributed by atoms with Crippen molar-refractivity contribution >= 4 is 5.97 Å². The Balaban J connectivity index is 2.09. The molecule has 0 amide bonds. The third kappa shape index (κ3) is 7.02. The molecular formula is C16H20F2O2. The van der Waals surface area contributed by atoms with Crippen LogP contribution in [0.4, 0.5) is 8.78 Å². The van der Waals surface area contributed by atoms with E-state index >= 15 is 0 Å². The number of hydrogen-bond donors (Lipinski definition) is 1. The standard InChI is InChI=1S/C16H20F2O2/c17-14-11-10-13(15(18)12-14)8-6-4-2-1-3-5-7-9-16(19)20/h3,5,10-12H,1-2,4,6-9H2,(H,19,20)/b5-3+. The molecule has 0 radical (unpaired) electrons. The zero-order chi connectivity index (χ0) is 14.8. The fourth-order valence-electron chi connectivity index (χ4n) is 1.92. The van der Waals surface area contributed by atoms with Gasteiger partial charge in [-0.15, -0.1) is 0 Å². The molecule has 0 heterocycles. The molecule has 0 aliphatic heterocycles. The Hall–Kier alpha value is -1.71. The van der Waals surface area contributed by atoms with Crippen molar-refractivity contribution < 1.29 is 18.7 Å². The van der Waals surface area contributed by atoms with Crippen molar-refractivity contribution in [3.8, 4) is 0 Å². The topological polar surface area (TPSA) is 37.3 Å². The lowest BCUT2D eigenvalue weighted by Crippen LogP contribution is -1.92. The molecule has 0 bridgehead atoms. The average molecular weight is 282 g/mol. The molecule has 20 heavy (non-hydrogen) atoms. The van der Waals surface area contributed by atoms with Crippen LogP contribution in [0, 0.1) is 11.6 Å². The summed E-state index contributed by atoms with van der Waals surface area (Å²) >= 11 is 0. The molecule has 0 aliphatic rings. The largest absolute Gasteiger partial charge is 0.481 e. The number of carbonyl (C=O) groups is 1. The van der Waals surface area contributed by atoms with Crippen LogP contribution in [-0.4, -0.2) is 11.1 Å². The molecular weight excluding hydrogens is 262 g/mol. The number of halogens is 2. The van der Waals surface area contributed by atoms with Crippen LogP contribution in [0.5, 0.6) is 0 Å². The predicted molar refractivity (Wildman–Crippen MR) is 74.5 cm³/mol. The Morgan fingerprint density at radius 3 is 2.55 bits per heavy atom. The minimum absolute atomic E-state index is 0.167. The molecule has 110 valence electrons. The van der Waals surface area contributed by atoms with Crippen molar-refractivity contribution in [2.24, 2.45) is 0 Å². The first-order valence-electron chi connectivity index (χ1n) is 6.90. The van der Waals surface area contributed by atoms with Gasteiger partial charge in [-0.1, -0.05) is 24.6 Å². The second-order valence-corrected chi connectivity index (χ2v) is 4.74. The van der Waals surface area contributed by atoms with Gasteiger partial charge in [-0.3, -0.25) is 4.79 Å². The molecule has 0 aliphatic carbocycles. The molecule has 1 rings (SSSR count). The highest BCUT2D eigenvalue weighted by molar-refractivity contribution is 5.66. The van der Waals surface area contributed by atoms with Gasteiger partial charge in [0.05, 0.1) is 0 Å². The van der Waals surface area contributed by atoms with Gasteiger partial charge in [0.2, 0.25) is 0 Å². The Kier molecular flexibility index (Phi) is 7.55. The molecule has 4 heteroatoms. The summed E-state index contributed by atoms with van der Waals surface area (Å²) in [5.74, 6) is -1.80. The van der Waals surface area contributed by atoms with E-state index in [0.717, 1.165) is 31.7 Å². The molecule has 0 aromatic heterocycles. The third-order valence-electron chi connectivity index (χ3n) is 3.02. The van der Waals surface area contributed by atoms with Crippen molar-refractivity contribution in [1.82, 2.24) is 0 Å². The normalized spacial score (nSPS) is 11.1. The average Bonchev–Trinajstić information content (AvgIpc) is 2.38. The number of benzene rings is 1. The minimum atomic E-state index is -0.782. The van der Waals surface area contributed by atoms with E-state index in [1.165, 1.54) is 12.1 Å². The lowest BCUT2D eigenvalue weighted by molar-refractivity contribution is -0.136. The monoisotopic (exact) mass is 282 g/mol. The lowest BCUT2D eigenvalue weighted by Gasteiger charge is -2.03. The van der Waals surface area contributed by atoms with Gasteiger partial charge in [0.1, 0.15) is 11.6 Å². The number of rotatable bonds is 9. The number of carboxylic acid groups (broad SMARTS) is 1. The number of carboxylic acids is 1. The molecule has 0 atom stereocenters. The van der Waals surface area contributed by atoms with Crippen LogP contribution in [0.3, 0.4) is 0 Å². The fourth-order valence-corrected chi connectivity index (χ4v) is 1.92.